The lowest BCUT2D eigenvalue weighted by Crippen LogP contribution is -1.84. The fourth-order valence-corrected chi connectivity index (χ4v) is 1.55. The number of phenols is 1. The Labute approximate surface area is 106 Å². The third kappa shape index (κ3) is 2.55. The first-order valence-corrected chi connectivity index (χ1v) is 5.53. The van der Waals surface area contributed by atoms with Crippen molar-refractivity contribution in [3.8, 4) is 11.8 Å². The summed E-state index contributed by atoms with van der Waals surface area (Å²) in [5, 5.41) is 18.5. The number of hydrogen-bond donors (Lipinski definition) is 1. The van der Waals surface area contributed by atoms with Gasteiger partial charge in [-0.1, -0.05) is 12.1 Å². The van der Waals surface area contributed by atoms with Gasteiger partial charge in [-0.2, -0.15) is 5.26 Å². The lowest BCUT2D eigenvalue weighted by Gasteiger charge is -2.01. The summed E-state index contributed by atoms with van der Waals surface area (Å²) < 4.78 is 0. The summed E-state index contributed by atoms with van der Waals surface area (Å²) in [5.74, 6) is 0.245. The van der Waals surface area contributed by atoms with E-state index in [1.54, 1.807) is 36.5 Å². The van der Waals surface area contributed by atoms with Crippen molar-refractivity contribution in [2.75, 3.05) is 0 Å². The largest absolute Gasteiger partial charge is 0.507 e. The Morgan fingerprint density at radius 2 is 1.89 bits per heavy atom. The van der Waals surface area contributed by atoms with Crippen molar-refractivity contribution in [3.63, 3.8) is 0 Å². The van der Waals surface area contributed by atoms with Crippen LogP contribution in [0, 0.1) is 18.3 Å². The van der Waals surface area contributed by atoms with Crippen LogP contribution in [0.2, 0.25) is 0 Å². The molecule has 3 heteroatoms. The van der Waals surface area contributed by atoms with Gasteiger partial charge in [0.25, 0.3) is 0 Å². The number of nitriles is 1. The van der Waals surface area contributed by atoms with E-state index in [1.165, 1.54) is 0 Å². The van der Waals surface area contributed by atoms with Crippen LogP contribution in [-0.4, -0.2) is 11.3 Å². The maximum atomic E-state index is 9.82. The molecule has 0 aliphatic rings. The molecule has 2 rings (SSSR count). The molecule has 3 nitrogen and oxygen atoms in total. The smallest absolute Gasteiger partial charge is 0.127 e. The normalized spacial score (nSPS) is 10.4. The molecule has 88 valence electrons. The van der Waals surface area contributed by atoms with Crippen LogP contribution in [0.15, 0.2) is 47.5 Å². The van der Waals surface area contributed by atoms with Crippen LogP contribution in [-0.2, 0) is 0 Å². The maximum absolute atomic E-state index is 9.82. The van der Waals surface area contributed by atoms with Crippen molar-refractivity contribution in [2.45, 2.75) is 6.92 Å². The van der Waals surface area contributed by atoms with E-state index < -0.39 is 0 Å². The first kappa shape index (κ1) is 11.9. The average molecular weight is 236 g/mol. The van der Waals surface area contributed by atoms with E-state index >= 15 is 0 Å². The molecule has 0 atom stereocenters. The number of para-hydroxylation sites is 1. The van der Waals surface area contributed by atoms with Crippen LogP contribution in [0.1, 0.15) is 16.7 Å². The summed E-state index contributed by atoms with van der Waals surface area (Å²) in [6, 6.07) is 14.5. The first-order chi connectivity index (χ1) is 8.70. The van der Waals surface area contributed by atoms with E-state index in [4.69, 9.17) is 5.26 Å². The van der Waals surface area contributed by atoms with E-state index in [1.807, 2.05) is 19.1 Å². The Hall–Kier alpha value is -2.60. The van der Waals surface area contributed by atoms with Gasteiger partial charge >= 0.3 is 0 Å². The average Bonchev–Trinajstić information content (AvgIpc) is 2.41. The number of nitrogens with zero attached hydrogens (tertiary/aromatic N) is 2. The standard InChI is InChI=1S/C15H12N2O/c1-11-3-2-4-13(15(11)18)10-17-14-7-5-12(9-16)6-8-14/h2-8,10,18H,1H3. The van der Waals surface area contributed by atoms with Crippen LogP contribution in [0.3, 0.4) is 0 Å². The van der Waals surface area contributed by atoms with Crippen molar-refractivity contribution in [3.05, 3.63) is 59.2 Å². The van der Waals surface area contributed by atoms with Gasteiger partial charge in [0.05, 0.1) is 17.3 Å². The summed E-state index contributed by atoms with van der Waals surface area (Å²) in [6.07, 6.45) is 1.61. The second kappa shape index (κ2) is 5.15. The third-order valence-electron chi connectivity index (χ3n) is 2.62. The Bertz CT molecular complexity index is 622. The van der Waals surface area contributed by atoms with Gasteiger partial charge in [-0.25, -0.2) is 0 Å². The van der Waals surface area contributed by atoms with Crippen molar-refractivity contribution in [1.82, 2.24) is 0 Å². The molecular weight excluding hydrogens is 224 g/mol. The Balaban J connectivity index is 2.25. The van der Waals surface area contributed by atoms with E-state index in [2.05, 4.69) is 11.1 Å². The third-order valence-corrected chi connectivity index (χ3v) is 2.62. The predicted molar refractivity (Wildman–Crippen MR) is 71.3 cm³/mol. The summed E-state index contributed by atoms with van der Waals surface area (Å²) in [5.41, 5.74) is 2.85. The molecule has 0 amide bonds. The van der Waals surface area contributed by atoms with Gasteiger partial charge in [0, 0.05) is 11.8 Å². The molecule has 2 aromatic carbocycles. The summed E-state index contributed by atoms with van der Waals surface area (Å²) >= 11 is 0. The highest BCUT2D eigenvalue weighted by atomic mass is 16.3. The zero-order chi connectivity index (χ0) is 13.0. The Morgan fingerprint density at radius 1 is 1.17 bits per heavy atom. The Morgan fingerprint density at radius 3 is 2.56 bits per heavy atom. The number of benzene rings is 2. The predicted octanol–water partition coefficient (Wildman–Crippen LogP) is 3.32. The van der Waals surface area contributed by atoms with Gasteiger partial charge in [-0.3, -0.25) is 4.99 Å². The van der Waals surface area contributed by atoms with E-state index in [9.17, 15) is 5.11 Å². The summed E-state index contributed by atoms with van der Waals surface area (Å²) in [4.78, 5) is 4.26. The molecule has 0 saturated heterocycles. The van der Waals surface area contributed by atoms with Crippen LogP contribution in [0.5, 0.6) is 5.75 Å². The quantitative estimate of drug-likeness (QED) is 0.813. The maximum Gasteiger partial charge on any atom is 0.127 e. The first-order valence-electron chi connectivity index (χ1n) is 5.53. The van der Waals surface area contributed by atoms with Crippen LogP contribution >= 0.6 is 0 Å². The van der Waals surface area contributed by atoms with Crippen molar-refractivity contribution in [2.24, 2.45) is 4.99 Å². The van der Waals surface area contributed by atoms with Crippen molar-refractivity contribution < 1.29 is 5.11 Å². The highest BCUT2D eigenvalue weighted by Gasteiger charge is 2.00. The fourth-order valence-electron chi connectivity index (χ4n) is 1.55. The minimum atomic E-state index is 0.245. The summed E-state index contributed by atoms with van der Waals surface area (Å²) in [6.45, 7) is 1.84. The van der Waals surface area contributed by atoms with Crippen molar-refractivity contribution >= 4 is 11.9 Å². The minimum absolute atomic E-state index is 0.245. The molecule has 0 radical (unpaired) electrons. The highest BCUT2D eigenvalue weighted by Crippen LogP contribution is 2.20. The zero-order valence-electron chi connectivity index (χ0n) is 9.96. The highest BCUT2D eigenvalue weighted by molar-refractivity contribution is 5.85. The minimum Gasteiger partial charge on any atom is -0.507 e. The van der Waals surface area contributed by atoms with E-state index in [0.29, 0.717) is 11.1 Å². The second-order valence-corrected chi connectivity index (χ2v) is 3.93. The van der Waals surface area contributed by atoms with E-state index in [-0.39, 0.29) is 5.75 Å². The lowest BCUT2D eigenvalue weighted by molar-refractivity contribution is 0.470. The van der Waals surface area contributed by atoms with Gasteiger partial charge in [0.15, 0.2) is 0 Å². The van der Waals surface area contributed by atoms with Gasteiger partial charge in [0.2, 0.25) is 0 Å². The van der Waals surface area contributed by atoms with Crippen molar-refractivity contribution in [1.29, 1.82) is 5.26 Å². The molecule has 0 bridgehead atoms. The Kier molecular flexibility index (Phi) is 3.40. The molecule has 2 aromatic rings. The number of rotatable bonds is 2. The molecule has 0 aromatic heterocycles. The van der Waals surface area contributed by atoms with Gasteiger partial charge in [-0.05, 0) is 42.8 Å². The number of aryl methyl sites for hydroxylation is 1. The van der Waals surface area contributed by atoms with Gasteiger partial charge in [0.1, 0.15) is 5.75 Å². The SMILES string of the molecule is Cc1cccc(C=Nc2ccc(C#N)cc2)c1O. The zero-order valence-corrected chi connectivity index (χ0v) is 9.96. The molecule has 0 heterocycles. The van der Waals surface area contributed by atoms with Crippen LogP contribution in [0.4, 0.5) is 5.69 Å². The monoisotopic (exact) mass is 236 g/mol. The topological polar surface area (TPSA) is 56.4 Å². The molecule has 0 unspecified atom stereocenters. The van der Waals surface area contributed by atoms with Crippen LogP contribution < -0.4 is 0 Å². The molecule has 0 aliphatic carbocycles. The molecular formula is C15H12N2O. The molecule has 0 saturated carbocycles. The number of hydrogen-bond acceptors (Lipinski definition) is 3. The van der Waals surface area contributed by atoms with Gasteiger partial charge < -0.3 is 5.11 Å². The fraction of sp³-hybridized carbons (Fsp3) is 0.0667. The second-order valence-electron chi connectivity index (χ2n) is 3.93. The number of aliphatic imine (C=N–C) groups is 1. The molecule has 0 aliphatic heterocycles. The molecule has 0 fully saturated rings. The van der Waals surface area contributed by atoms with Crippen LogP contribution in [0.25, 0.3) is 0 Å². The van der Waals surface area contributed by atoms with Gasteiger partial charge in [-0.15, -0.1) is 0 Å². The number of aromatic hydroxyl groups is 1. The lowest BCUT2D eigenvalue weighted by atomic mass is 10.1. The number of phenolic OH excluding ortho intramolecular Hbond substituents is 1. The summed E-state index contributed by atoms with van der Waals surface area (Å²) in [7, 11) is 0. The molecule has 0 spiro atoms. The molecule has 1 N–H and O–H groups in total. The molecule has 18 heavy (non-hydrogen) atoms. The van der Waals surface area contributed by atoms with E-state index in [0.717, 1.165) is 11.3 Å².